The summed E-state index contributed by atoms with van der Waals surface area (Å²) in [6, 6.07) is 1.64. The SMILES string of the molecule is CC(Cn1cccn1)NS(=O)(=O)CCCCCl. The zero-order chi connectivity index (χ0) is 12.7. The van der Waals surface area contributed by atoms with Crippen LogP contribution in [0.25, 0.3) is 0 Å². The van der Waals surface area contributed by atoms with Gasteiger partial charge in [-0.3, -0.25) is 4.68 Å². The van der Waals surface area contributed by atoms with Crippen LogP contribution in [0.4, 0.5) is 0 Å². The first-order valence-electron chi connectivity index (χ1n) is 5.57. The molecular formula is C10H18ClN3O2S. The Morgan fingerprint density at radius 1 is 1.47 bits per heavy atom. The molecule has 1 heterocycles. The number of halogens is 1. The van der Waals surface area contributed by atoms with Gasteiger partial charge in [-0.1, -0.05) is 0 Å². The second-order valence-corrected chi connectivity index (χ2v) is 6.21. The number of unbranched alkanes of at least 4 members (excludes halogenated alkanes) is 1. The molecule has 0 aliphatic carbocycles. The standard InChI is InChI=1S/C10H18ClN3O2S/c1-10(9-14-7-4-6-12-14)13-17(15,16)8-3-2-5-11/h4,6-7,10,13H,2-3,5,8-9H2,1H3. The Kier molecular flexibility index (Phi) is 5.94. The Morgan fingerprint density at radius 2 is 2.24 bits per heavy atom. The van der Waals surface area contributed by atoms with Crippen molar-refractivity contribution in [3.05, 3.63) is 18.5 Å². The van der Waals surface area contributed by atoms with E-state index < -0.39 is 10.0 Å². The van der Waals surface area contributed by atoms with Gasteiger partial charge in [0.1, 0.15) is 0 Å². The first-order chi connectivity index (χ1) is 8.03. The maximum absolute atomic E-state index is 11.7. The van der Waals surface area contributed by atoms with Crippen LogP contribution >= 0.6 is 11.6 Å². The highest BCUT2D eigenvalue weighted by atomic mass is 35.5. The molecule has 0 saturated heterocycles. The van der Waals surface area contributed by atoms with Crippen molar-refractivity contribution in [3.63, 3.8) is 0 Å². The second kappa shape index (κ2) is 6.98. The van der Waals surface area contributed by atoms with Gasteiger partial charge in [0.25, 0.3) is 0 Å². The highest BCUT2D eigenvalue weighted by molar-refractivity contribution is 7.89. The summed E-state index contributed by atoms with van der Waals surface area (Å²) in [6.07, 6.45) is 4.78. The minimum atomic E-state index is -3.21. The number of hydrogen-bond donors (Lipinski definition) is 1. The fourth-order valence-electron chi connectivity index (χ4n) is 1.48. The van der Waals surface area contributed by atoms with Crippen LogP contribution in [0.5, 0.6) is 0 Å². The van der Waals surface area contributed by atoms with Crippen molar-refractivity contribution in [1.82, 2.24) is 14.5 Å². The van der Waals surface area contributed by atoms with Crippen LogP contribution in [0.3, 0.4) is 0 Å². The van der Waals surface area contributed by atoms with Crippen molar-refractivity contribution >= 4 is 21.6 Å². The van der Waals surface area contributed by atoms with Gasteiger partial charge in [0.2, 0.25) is 10.0 Å². The molecule has 0 aromatic carbocycles. The topological polar surface area (TPSA) is 64.0 Å². The largest absolute Gasteiger partial charge is 0.271 e. The maximum atomic E-state index is 11.7. The molecule has 0 aliphatic rings. The molecule has 98 valence electrons. The van der Waals surface area contributed by atoms with Crippen molar-refractivity contribution in [2.75, 3.05) is 11.6 Å². The predicted octanol–water partition coefficient (Wildman–Crippen LogP) is 1.21. The van der Waals surface area contributed by atoms with E-state index in [4.69, 9.17) is 11.6 Å². The molecule has 0 bridgehead atoms. The summed E-state index contributed by atoms with van der Waals surface area (Å²) in [5, 5.41) is 4.03. The Hall–Kier alpha value is -0.590. The molecule has 17 heavy (non-hydrogen) atoms. The van der Waals surface area contributed by atoms with Gasteiger partial charge in [0.05, 0.1) is 12.3 Å². The number of nitrogens with one attached hydrogen (secondary N) is 1. The molecule has 1 aromatic rings. The van der Waals surface area contributed by atoms with Crippen LogP contribution < -0.4 is 4.72 Å². The van der Waals surface area contributed by atoms with E-state index in [0.29, 0.717) is 18.8 Å². The molecule has 0 aliphatic heterocycles. The first-order valence-corrected chi connectivity index (χ1v) is 7.75. The third-order valence-electron chi connectivity index (χ3n) is 2.20. The lowest BCUT2D eigenvalue weighted by atomic mass is 10.4. The molecule has 7 heteroatoms. The van der Waals surface area contributed by atoms with Gasteiger partial charge in [-0.25, -0.2) is 13.1 Å². The van der Waals surface area contributed by atoms with Crippen LogP contribution in [0.1, 0.15) is 19.8 Å². The van der Waals surface area contributed by atoms with Crippen molar-refractivity contribution in [3.8, 4) is 0 Å². The Bertz CT molecular complexity index is 405. The van der Waals surface area contributed by atoms with Crippen molar-refractivity contribution < 1.29 is 8.42 Å². The fraction of sp³-hybridized carbons (Fsp3) is 0.700. The number of alkyl halides is 1. The Labute approximate surface area is 107 Å². The van der Waals surface area contributed by atoms with Gasteiger partial charge in [0.15, 0.2) is 0 Å². The van der Waals surface area contributed by atoms with Crippen LogP contribution in [0.2, 0.25) is 0 Å². The third kappa shape index (κ3) is 6.05. The smallest absolute Gasteiger partial charge is 0.211 e. The minimum absolute atomic E-state index is 0.128. The van der Waals surface area contributed by atoms with E-state index >= 15 is 0 Å². The van der Waals surface area contributed by atoms with Gasteiger partial charge in [0, 0.05) is 24.3 Å². The van der Waals surface area contributed by atoms with Gasteiger partial charge >= 0.3 is 0 Å². The summed E-state index contributed by atoms with van der Waals surface area (Å²) in [7, 11) is -3.21. The van der Waals surface area contributed by atoms with Gasteiger partial charge in [-0.05, 0) is 25.8 Å². The normalized spacial score (nSPS) is 13.8. The highest BCUT2D eigenvalue weighted by Crippen LogP contribution is 1.99. The summed E-state index contributed by atoms with van der Waals surface area (Å²) in [6.45, 7) is 2.35. The van der Waals surface area contributed by atoms with Crippen molar-refractivity contribution in [2.45, 2.75) is 32.4 Å². The third-order valence-corrected chi connectivity index (χ3v) is 4.05. The zero-order valence-corrected chi connectivity index (χ0v) is 11.4. The van der Waals surface area contributed by atoms with Crippen molar-refractivity contribution in [2.24, 2.45) is 0 Å². The molecule has 0 spiro atoms. The summed E-state index contributed by atoms with van der Waals surface area (Å²) in [5.74, 6) is 0.627. The molecule has 1 N–H and O–H groups in total. The molecule has 0 saturated carbocycles. The summed E-state index contributed by atoms with van der Waals surface area (Å²) < 4.78 is 27.6. The summed E-state index contributed by atoms with van der Waals surface area (Å²) >= 11 is 5.50. The lowest BCUT2D eigenvalue weighted by molar-refractivity contribution is 0.493. The second-order valence-electron chi connectivity index (χ2n) is 3.96. The van der Waals surface area contributed by atoms with E-state index in [2.05, 4.69) is 9.82 Å². The molecule has 0 fully saturated rings. The Morgan fingerprint density at radius 3 is 2.82 bits per heavy atom. The number of sulfonamides is 1. The van der Waals surface area contributed by atoms with Crippen LogP contribution in [0.15, 0.2) is 18.5 Å². The first kappa shape index (κ1) is 14.5. The number of nitrogens with zero attached hydrogens (tertiary/aromatic N) is 2. The molecule has 1 aromatic heterocycles. The molecule has 1 atom stereocenters. The van der Waals surface area contributed by atoms with Crippen LogP contribution in [-0.4, -0.2) is 35.9 Å². The minimum Gasteiger partial charge on any atom is -0.271 e. The molecule has 1 rings (SSSR count). The number of aromatic nitrogens is 2. The number of hydrogen-bond acceptors (Lipinski definition) is 3. The molecule has 0 amide bonds. The number of rotatable bonds is 8. The van der Waals surface area contributed by atoms with E-state index in [0.717, 1.165) is 6.42 Å². The van der Waals surface area contributed by atoms with Crippen molar-refractivity contribution in [1.29, 1.82) is 0 Å². The molecular weight excluding hydrogens is 262 g/mol. The molecule has 5 nitrogen and oxygen atoms in total. The van der Waals surface area contributed by atoms with E-state index in [1.807, 2.05) is 13.0 Å². The average Bonchev–Trinajstić information content (AvgIpc) is 2.69. The molecule has 1 unspecified atom stereocenters. The van der Waals surface area contributed by atoms with E-state index in [-0.39, 0.29) is 11.8 Å². The zero-order valence-electron chi connectivity index (χ0n) is 9.84. The van der Waals surface area contributed by atoms with Crippen LogP contribution in [0, 0.1) is 0 Å². The van der Waals surface area contributed by atoms with E-state index in [9.17, 15) is 8.42 Å². The lowest BCUT2D eigenvalue weighted by Gasteiger charge is -2.14. The van der Waals surface area contributed by atoms with Gasteiger partial charge in [-0.15, -0.1) is 11.6 Å². The van der Waals surface area contributed by atoms with Gasteiger partial charge in [-0.2, -0.15) is 5.10 Å². The predicted molar refractivity (Wildman–Crippen MR) is 68.6 cm³/mol. The fourth-order valence-corrected chi connectivity index (χ4v) is 3.06. The summed E-state index contributed by atoms with van der Waals surface area (Å²) in [5.41, 5.74) is 0. The quantitative estimate of drug-likeness (QED) is 0.575. The monoisotopic (exact) mass is 279 g/mol. The Balaban J connectivity index is 2.36. The van der Waals surface area contributed by atoms with Crippen LogP contribution in [-0.2, 0) is 16.6 Å². The summed E-state index contributed by atoms with van der Waals surface area (Å²) in [4.78, 5) is 0. The van der Waals surface area contributed by atoms with E-state index in [1.165, 1.54) is 0 Å². The van der Waals surface area contributed by atoms with Gasteiger partial charge < -0.3 is 0 Å². The average molecular weight is 280 g/mol. The lowest BCUT2D eigenvalue weighted by Crippen LogP contribution is -2.37. The molecule has 0 radical (unpaired) electrons. The highest BCUT2D eigenvalue weighted by Gasteiger charge is 2.14. The van der Waals surface area contributed by atoms with E-state index in [1.54, 1.807) is 17.1 Å². The maximum Gasteiger partial charge on any atom is 0.211 e.